The highest BCUT2D eigenvalue weighted by Gasteiger charge is 2.25. The molecule has 0 bridgehead atoms. The summed E-state index contributed by atoms with van der Waals surface area (Å²) in [6.07, 6.45) is -0.516. The van der Waals surface area contributed by atoms with Crippen molar-refractivity contribution in [1.29, 1.82) is 0 Å². The van der Waals surface area contributed by atoms with E-state index in [-0.39, 0.29) is 12.1 Å². The summed E-state index contributed by atoms with van der Waals surface area (Å²) in [4.78, 5) is 11.4. The maximum Gasteiger partial charge on any atom is 0.407 e. The van der Waals surface area contributed by atoms with Gasteiger partial charge in [-0.3, -0.25) is 0 Å². The first-order valence-electron chi connectivity index (χ1n) is 5.35. The predicted molar refractivity (Wildman–Crippen MR) is 59.4 cm³/mol. The van der Waals surface area contributed by atoms with Crippen LogP contribution in [0.1, 0.15) is 25.5 Å². The Morgan fingerprint density at radius 1 is 1.50 bits per heavy atom. The first-order chi connectivity index (χ1) is 7.66. The molecular formula is C12H15NO3. The van der Waals surface area contributed by atoms with Gasteiger partial charge in [-0.2, -0.15) is 0 Å². The Balaban J connectivity index is 2.00. The minimum absolute atomic E-state index is 0.109. The summed E-state index contributed by atoms with van der Waals surface area (Å²) in [5, 5.41) is 2.78. The lowest BCUT2D eigenvalue weighted by Gasteiger charge is -2.13. The second kappa shape index (κ2) is 4.43. The average Bonchev–Trinajstić information content (AvgIpc) is 2.61. The van der Waals surface area contributed by atoms with Crippen LogP contribution in [0, 0.1) is 0 Å². The fourth-order valence-electron chi connectivity index (χ4n) is 1.67. The number of alkyl carbamates (subject to hydrolysis) is 1. The van der Waals surface area contributed by atoms with Gasteiger partial charge in [0.15, 0.2) is 0 Å². The average molecular weight is 221 g/mol. The number of hydrogen-bond donors (Lipinski definition) is 1. The molecule has 1 aliphatic heterocycles. The van der Waals surface area contributed by atoms with Gasteiger partial charge in [-0.05, 0) is 19.9 Å². The monoisotopic (exact) mass is 221 g/mol. The highest BCUT2D eigenvalue weighted by molar-refractivity contribution is 5.68. The van der Waals surface area contributed by atoms with Crippen LogP contribution in [-0.4, -0.2) is 18.8 Å². The summed E-state index contributed by atoms with van der Waals surface area (Å²) in [7, 11) is 0. The van der Waals surface area contributed by atoms with Crippen molar-refractivity contribution in [3.8, 4) is 5.75 Å². The summed E-state index contributed by atoms with van der Waals surface area (Å²) in [6.45, 7) is 4.10. The van der Waals surface area contributed by atoms with Crippen molar-refractivity contribution in [3.05, 3.63) is 29.8 Å². The van der Waals surface area contributed by atoms with E-state index in [0.717, 1.165) is 11.3 Å². The molecule has 86 valence electrons. The normalized spacial score (nSPS) is 17.8. The van der Waals surface area contributed by atoms with Gasteiger partial charge in [0.1, 0.15) is 12.4 Å². The molecule has 1 heterocycles. The number of nitrogens with one attached hydrogen (secondary N) is 1. The molecule has 1 amide bonds. The highest BCUT2D eigenvalue weighted by Crippen LogP contribution is 2.31. The van der Waals surface area contributed by atoms with Crippen LogP contribution in [-0.2, 0) is 4.74 Å². The predicted octanol–water partition coefficient (Wildman–Crippen LogP) is 2.25. The largest absolute Gasteiger partial charge is 0.491 e. The Bertz CT molecular complexity index is 390. The van der Waals surface area contributed by atoms with Crippen molar-refractivity contribution < 1.29 is 14.3 Å². The number of fused-ring (bicyclic) bond motifs is 1. The molecule has 0 aromatic heterocycles. The Labute approximate surface area is 94.6 Å². The van der Waals surface area contributed by atoms with E-state index in [2.05, 4.69) is 5.32 Å². The van der Waals surface area contributed by atoms with Crippen LogP contribution in [0.15, 0.2) is 24.3 Å². The Morgan fingerprint density at radius 2 is 2.25 bits per heavy atom. The Morgan fingerprint density at radius 3 is 3.00 bits per heavy atom. The zero-order chi connectivity index (χ0) is 11.5. The smallest absolute Gasteiger partial charge is 0.407 e. The van der Waals surface area contributed by atoms with E-state index in [0.29, 0.717) is 6.61 Å². The second-order valence-corrected chi connectivity index (χ2v) is 4.00. The molecule has 0 fully saturated rings. The molecule has 4 nitrogen and oxygen atoms in total. The molecule has 0 radical (unpaired) electrons. The molecular weight excluding hydrogens is 206 g/mol. The molecule has 1 aromatic rings. The van der Waals surface area contributed by atoms with Gasteiger partial charge < -0.3 is 14.8 Å². The van der Waals surface area contributed by atoms with Gasteiger partial charge >= 0.3 is 6.09 Å². The lowest BCUT2D eigenvalue weighted by atomic mass is 10.1. The van der Waals surface area contributed by atoms with E-state index < -0.39 is 6.09 Å². The Kier molecular flexibility index (Phi) is 2.99. The first-order valence-corrected chi connectivity index (χ1v) is 5.35. The topological polar surface area (TPSA) is 47.6 Å². The van der Waals surface area contributed by atoms with Crippen molar-refractivity contribution in [1.82, 2.24) is 5.32 Å². The maximum atomic E-state index is 11.4. The quantitative estimate of drug-likeness (QED) is 0.833. The van der Waals surface area contributed by atoms with Crippen LogP contribution in [0.5, 0.6) is 5.75 Å². The van der Waals surface area contributed by atoms with Crippen LogP contribution in [0.2, 0.25) is 0 Å². The lowest BCUT2D eigenvalue weighted by Crippen LogP contribution is -2.31. The van der Waals surface area contributed by atoms with Gasteiger partial charge in [0, 0.05) is 5.56 Å². The summed E-state index contributed by atoms with van der Waals surface area (Å²) in [5.74, 6) is 0.831. The van der Waals surface area contributed by atoms with Gasteiger partial charge in [-0.1, -0.05) is 18.2 Å². The number of ether oxygens (including phenoxy) is 2. The van der Waals surface area contributed by atoms with E-state index in [1.54, 1.807) is 0 Å². The number of carbonyl (C=O) groups is 1. The van der Waals surface area contributed by atoms with E-state index in [4.69, 9.17) is 9.47 Å². The second-order valence-electron chi connectivity index (χ2n) is 4.00. The molecule has 1 aliphatic rings. The van der Waals surface area contributed by atoms with Crippen molar-refractivity contribution >= 4 is 6.09 Å². The van der Waals surface area contributed by atoms with Gasteiger partial charge in [0.2, 0.25) is 0 Å². The van der Waals surface area contributed by atoms with E-state index in [9.17, 15) is 4.79 Å². The SMILES string of the molecule is CC(C)OC(=O)NC1COc2ccccc21. The molecule has 2 rings (SSSR count). The van der Waals surface area contributed by atoms with Crippen molar-refractivity contribution in [2.75, 3.05) is 6.61 Å². The fourth-order valence-corrected chi connectivity index (χ4v) is 1.67. The maximum absolute atomic E-state index is 11.4. The summed E-state index contributed by atoms with van der Waals surface area (Å²) >= 11 is 0. The van der Waals surface area contributed by atoms with Gasteiger partial charge in [0.25, 0.3) is 0 Å². The van der Waals surface area contributed by atoms with Crippen molar-refractivity contribution in [2.45, 2.75) is 26.0 Å². The number of hydrogen-bond acceptors (Lipinski definition) is 3. The molecule has 1 aromatic carbocycles. The molecule has 0 aliphatic carbocycles. The number of rotatable bonds is 2. The third-order valence-electron chi connectivity index (χ3n) is 2.33. The molecule has 1 N–H and O–H groups in total. The van der Waals surface area contributed by atoms with Crippen LogP contribution in [0.4, 0.5) is 4.79 Å². The van der Waals surface area contributed by atoms with E-state index in [1.807, 2.05) is 38.1 Å². The zero-order valence-electron chi connectivity index (χ0n) is 9.40. The van der Waals surface area contributed by atoms with Gasteiger partial charge in [0.05, 0.1) is 12.1 Å². The van der Waals surface area contributed by atoms with E-state index >= 15 is 0 Å². The van der Waals surface area contributed by atoms with Crippen LogP contribution in [0.3, 0.4) is 0 Å². The van der Waals surface area contributed by atoms with Crippen LogP contribution >= 0.6 is 0 Å². The number of amides is 1. The van der Waals surface area contributed by atoms with Gasteiger partial charge in [-0.25, -0.2) is 4.79 Å². The Hall–Kier alpha value is -1.71. The molecule has 0 saturated carbocycles. The lowest BCUT2D eigenvalue weighted by molar-refractivity contribution is 0.110. The number of carbonyl (C=O) groups excluding carboxylic acids is 1. The molecule has 16 heavy (non-hydrogen) atoms. The third-order valence-corrected chi connectivity index (χ3v) is 2.33. The van der Waals surface area contributed by atoms with Gasteiger partial charge in [-0.15, -0.1) is 0 Å². The number of para-hydroxylation sites is 1. The van der Waals surface area contributed by atoms with Crippen LogP contribution < -0.4 is 10.1 Å². The minimum Gasteiger partial charge on any atom is -0.491 e. The summed E-state index contributed by atoms with van der Waals surface area (Å²) in [6, 6.07) is 7.57. The first kappa shape index (κ1) is 10.8. The number of benzene rings is 1. The zero-order valence-corrected chi connectivity index (χ0v) is 9.40. The fraction of sp³-hybridized carbons (Fsp3) is 0.417. The molecule has 1 unspecified atom stereocenters. The summed E-state index contributed by atoms with van der Waals surface area (Å²) < 4.78 is 10.5. The molecule has 4 heteroatoms. The molecule has 0 spiro atoms. The summed E-state index contributed by atoms with van der Waals surface area (Å²) in [5.41, 5.74) is 1.00. The minimum atomic E-state index is -0.402. The molecule has 0 saturated heterocycles. The van der Waals surface area contributed by atoms with Crippen molar-refractivity contribution in [2.24, 2.45) is 0 Å². The van der Waals surface area contributed by atoms with Crippen LogP contribution in [0.25, 0.3) is 0 Å². The molecule has 1 atom stereocenters. The van der Waals surface area contributed by atoms with E-state index in [1.165, 1.54) is 0 Å². The highest BCUT2D eigenvalue weighted by atomic mass is 16.6. The third kappa shape index (κ3) is 2.27. The standard InChI is InChI=1S/C12H15NO3/c1-8(2)16-12(14)13-10-7-15-11-6-4-3-5-9(10)11/h3-6,8,10H,7H2,1-2H3,(H,13,14). The van der Waals surface area contributed by atoms with Crippen molar-refractivity contribution in [3.63, 3.8) is 0 Å².